The number of aromatic amines is 1. The highest BCUT2D eigenvalue weighted by atomic mass is 19.4. The Kier molecular flexibility index (Phi) is 3.80. The summed E-state index contributed by atoms with van der Waals surface area (Å²) in [4.78, 5) is 4.39. The maximum Gasteiger partial charge on any atom is 0.435 e. The first-order valence-corrected chi connectivity index (χ1v) is 8.16. The molecule has 2 heterocycles. The summed E-state index contributed by atoms with van der Waals surface area (Å²) in [5, 5.41) is 18.1. The first-order chi connectivity index (χ1) is 12.5. The van der Waals surface area contributed by atoms with Crippen LogP contribution >= 0.6 is 0 Å². The zero-order valence-corrected chi connectivity index (χ0v) is 13.6. The van der Waals surface area contributed by atoms with Crippen molar-refractivity contribution in [1.29, 1.82) is 5.26 Å². The quantitative estimate of drug-likeness (QED) is 0.715. The number of alkyl halides is 3. The number of nitrogens with zero attached hydrogens (tertiary/aromatic N) is 3. The molecule has 26 heavy (non-hydrogen) atoms. The van der Waals surface area contributed by atoms with Gasteiger partial charge in [-0.3, -0.25) is 10.1 Å². The predicted octanol–water partition coefficient (Wildman–Crippen LogP) is 4.34. The van der Waals surface area contributed by atoms with Crippen LogP contribution in [0.5, 0.6) is 0 Å². The van der Waals surface area contributed by atoms with Gasteiger partial charge in [0.25, 0.3) is 0 Å². The fourth-order valence-corrected chi connectivity index (χ4v) is 3.39. The smallest absolute Gasteiger partial charge is 0.377 e. The molecule has 0 radical (unpaired) electrons. The van der Waals surface area contributed by atoms with Crippen molar-refractivity contribution in [3.05, 3.63) is 53.0 Å². The maximum atomic E-state index is 13.1. The second kappa shape index (κ2) is 6.02. The number of fused-ring (bicyclic) bond motifs is 2. The fourth-order valence-electron chi connectivity index (χ4n) is 3.39. The summed E-state index contributed by atoms with van der Waals surface area (Å²) in [5.74, 6) is 0. The minimum Gasteiger partial charge on any atom is -0.377 e. The zero-order chi connectivity index (χ0) is 18.3. The van der Waals surface area contributed by atoms with Gasteiger partial charge in [-0.2, -0.15) is 23.5 Å². The average molecular weight is 357 g/mol. The number of benzene rings is 1. The highest BCUT2D eigenvalue weighted by molar-refractivity contribution is 5.85. The number of anilines is 1. The van der Waals surface area contributed by atoms with Gasteiger partial charge in [0, 0.05) is 17.3 Å². The van der Waals surface area contributed by atoms with E-state index in [1.165, 1.54) is 12.3 Å². The minimum atomic E-state index is -4.51. The lowest BCUT2D eigenvalue weighted by molar-refractivity contribution is -0.139. The number of aryl methyl sites for hydroxylation is 1. The van der Waals surface area contributed by atoms with Crippen molar-refractivity contribution >= 4 is 16.6 Å². The SMILES string of the molecule is N#Cc1cnc2c(c1)CCC[C@@H]2Nc1ccc2[nH]nc(C(F)(F)F)c2c1. The second-order valence-corrected chi connectivity index (χ2v) is 6.30. The van der Waals surface area contributed by atoms with Crippen LogP contribution in [-0.2, 0) is 12.6 Å². The van der Waals surface area contributed by atoms with E-state index < -0.39 is 11.9 Å². The number of hydrogen-bond acceptors (Lipinski definition) is 4. The summed E-state index contributed by atoms with van der Waals surface area (Å²) in [6.07, 6.45) is -0.400. The number of H-pyrrole nitrogens is 1. The van der Waals surface area contributed by atoms with Crippen molar-refractivity contribution < 1.29 is 13.2 Å². The molecule has 132 valence electrons. The molecule has 1 atom stereocenters. The lowest BCUT2D eigenvalue weighted by Crippen LogP contribution is -2.19. The molecule has 0 bridgehead atoms. The third kappa shape index (κ3) is 2.86. The van der Waals surface area contributed by atoms with Crippen LogP contribution < -0.4 is 5.32 Å². The van der Waals surface area contributed by atoms with Crippen LogP contribution in [-0.4, -0.2) is 15.2 Å². The average Bonchev–Trinajstić information content (AvgIpc) is 3.05. The van der Waals surface area contributed by atoms with E-state index in [9.17, 15) is 13.2 Å². The van der Waals surface area contributed by atoms with Gasteiger partial charge < -0.3 is 5.32 Å². The molecule has 8 heteroatoms. The molecule has 3 aromatic rings. The number of nitriles is 1. The number of halogens is 3. The van der Waals surface area contributed by atoms with Gasteiger partial charge in [0.05, 0.1) is 22.8 Å². The fraction of sp³-hybridized carbons (Fsp3) is 0.278. The number of hydrogen-bond donors (Lipinski definition) is 2. The lowest BCUT2D eigenvalue weighted by Gasteiger charge is -2.26. The van der Waals surface area contributed by atoms with Gasteiger partial charge in [-0.1, -0.05) is 0 Å². The maximum absolute atomic E-state index is 13.1. The molecule has 5 nitrogen and oxygen atoms in total. The number of nitrogens with one attached hydrogen (secondary N) is 2. The van der Waals surface area contributed by atoms with Crippen LogP contribution in [0.2, 0.25) is 0 Å². The van der Waals surface area contributed by atoms with E-state index in [0.717, 1.165) is 30.5 Å². The monoisotopic (exact) mass is 357 g/mol. The van der Waals surface area contributed by atoms with Crippen molar-refractivity contribution in [1.82, 2.24) is 15.2 Å². The van der Waals surface area contributed by atoms with Crippen LogP contribution in [0.4, 0.5) is 18.9 Å². The van der Waals surface area contributed by atoms with Crippen LogP contribution in [0.15, 0.2) is 30.5 Å². The third-order valence-corrected chi connectivity index (χ3v) is 4.57. The molecule has 2 N–H and O–H groups in total. The van der Waals surface area contributed by atoms with Gasteiger partial charge in [0.1, 0.15) is 6.07 Å². The Hall–Kier alpha value is -3.08. The van der Waals surface area contributed by atoms with E-state index in [1.54, 1.807) is 12.1 Å². The molecule has 0 amide bonds. The number of aromatic nitrogens is 3. The van der Waals surface area contributed by atoms with Gasteiger partial charge >= 0.3 is 6.18 Å². The molecule has 1 aliphatic carbocycles. The normalized spacial score (nSPS) is 16.9. The standard InChI is InChI=1S/C18H14F3N5/c19-18(20,21)17-13-7-12(4-5-14(13)25-26-17)24-15-3-1-2-11-6-10(8-22)9-23-16(11)15/h4-7,9,15,24H,1-3H2,(H,25,26)/t15-/m0/s1. The summed E-state index contributed by atoms with van der Waals surface area (Å²) in [5.41, 5.74) is 2.36. The van der Waals surface area contributed by atoms with Crippen molar-refractivity contribution in [3.8, 4) is 6.07 Å². The van der Waals surface area contributed by atoms with E-state index in [2.05, 4.69) is 26.6 Å². The molecule has 4 rings (SSSR count). The number of pyridine rings is 1. The molecule has 0 saturated carbocycles. The zero-order valence-electron chi connectivity index (χ0n) is 13.6. The Bertz CT molecular complexity index is 1020. The molecule has 0 spiro atoms. The molecule has 1 aromatic carbocycles. The van der Waals surface area contributed by atoms with E-state index in [4.69, 9.17) is 5.26 Å². The van der Waals surface area contributed by atoms with E-state index in [1.807, 2.05) is 6.07 Å². The third-order valence-electron chi connectivity index (χ3n) is 4.57. The largest absolute Gasteiger partial charge is 0.435 e. The van der Waals surface area contributed by atoms with Gasteiger partial charge in [0.2, 0.25) is 0 Å². The first-order valence-electron chi connectivity index (χ1n) is 8.16. The summed E-state index contributed by atoms with van der Waals surface area (Å²) < 4.78 is 39.2. The Morgan fingerprint density at radius 1 is 1.27 bits per heavy atom. The van der Waals surface area contributed by atoms with Gasteiger partial charge in [-0.15, -0.1) is 0 Å². The summed E-state index contributed by atoms with van der Waals surface area (Å²) in [6.45, 7) is 0. The van der Waals surface area contributed by atoms with Crippen molar-refractivity contribution in [2.24, 2.45) is 0 Å². The highest BCUT2D eigenvalue weighted by Gasteiger charge is 2.36. The van der Waals surface area contributed by atoms with Crippen molar-refractivity contribution in [3.63, 3.8) is 0 Å². The molecule has 0 aliphatic heterocycles. The lowest BCUT2D eigenvalue weighted by atomic mass is 9.91. The van der Waals surface area contributed by atoms with Gasteiger partial charge in [-0.05, 0) is 49.1 Å². The van der Waals surface area contributed by atoms with E-state index in [0.29, 0.717) is 16.8 Å². The Morgan fingerprint density at radius 3 is 2.88 bits per heavy atom. The van der Waals surface area contributed by atoms with Crippen LogP contribution in [0, 0.1) is 11.3 Å². The van der Waals surface area contributed by atoms with Crippen LogP contribution in [0.3, 0.4) is 0 Å². The molecular formula is C18H14F3N5. The van der Waals surface area contributed by atoms with Gasteiger partial charge in [0.15, 0.2) is 5.69 Å². The van der Waals surface area contributed by atoms with Crippen molar-refractivity contribution in [2.45, 2.75) is 31.5 Å². The summed E-state index contributed by atoms with van der Waals surface area (Å²) in [7, 11) is 0. The van der Waals surface area contributed by atoms with Gasteiger partial charge in [-0.25, -0.2) is 0 Å². The molecule has 1 aliphatic rings. The molecule has 2 aromatic heterocycles. The molecule has 0 fully saturated rings. The molecule has 0 unspecified atom stereocenters. The van der Waals surface area contributed by atoms with Crippen LogP contribution in [0.25, 0.3) is 10.9 Å². The highest BCUT2D eigenvalue weighted by Crippen LogP contribution is 2.36. The summed E-state index contributed by atoms with van der Waals surface area (Å²) >= 11 is 0. The Balaban J connectivity index is 1.67. The molecular weight excluding hydrogens is 343 g/mol. The Labute approximate surface area is 146 Å². The predicted molar refractivity (Wildman–Crippen MR) is 89.3 cm³/mol. The van der Waals surface area contributed by atoms with Crippen LogP contribution in [0.1, 0.15) is 41.4 Å². The molecule has 0 saturated heterocycles. The topological polar surface area (TPSA) is 77.4 Å². The summed E-state index contributed by atoms with van der Waals surface area (Å²) in [6, 6.07) is 8.56. The van der Waals surface area contributed by atoms with E-state index in [-0.39, 0.29) is 11.4 Å². The minimum absolute atomic E-state index is 0.0336. The Morgan fingerprint density at radius 2 is 2.12 bits per heavy atom. The number of rotatable bonds is 2. The first kappa shape index (κ1) is 16.4. The van der Waals surface area contributed by atoms with Crippen molar-refractivity contribution in [2.75, 3.05) is 5.32 Å². The second-order valence-electron chi connectivity index (χ2n) is 6.30. The van der Waals surface area contributed by atoms with E-state index >= 15 is 0 Å².